The third kappa shape index (κ3) is 3.91. The van der Waals surface area contributed by atoms with Crippen molar-refractivity contribution in [3.8, 4) is 33.4 Å². The lowest BCUT2D eigenvalue weighted by Crippen LogP contribution is -2.17. The number of rotatable bonds is 4. The molecule has 8 aromatic rings. The molecule has 2 aliphatic carbocycles. The SMILES string of the molecule is [2H]c1cc2c(c([2H])c1[2H])C(C)(C)c1c([2H])c(N(c3c([2H])c([2H])c([2H])c4c3-c3c([2H])c([2H])c([2H])c([2H])c3C4(C)C)c3ccc(-c4ccccc4)c4oc5ccccc5c34)c([2H])c([2H])c1-2. The molecule has 0 fully saturated rings. The van der Waals surface area contributed by atoms with Gasteiger partial charge in [0.2, 0.25) is 0 Å². The predicted octanol–water partition coefficient (Wildman–Crippen LogP) is 13.3. The van der Waals surface area contributed by atoms with Crippen molar-refractivity contribution < 1.29 is 22.2 Å². The van der Waals surface area contributed by atoms with Crippen molar-refractivity contribution in [2.24, 2.45) is 0 Å². The Bertz CT molecular complexity index is 3390. The molecule has 50 heavy (non-hydrogen) atoms. The normalized spacial score (nSPS) is 18.4. The molecule has 2 aliphatic rings. The summed E-state index contributed by atoms with van der Waals surface area (Å²) < 4.78 is 127. The van der Waals surface area contributed by atoms with E-state index < -0.39 is 47.1 Å². The first-order valence-electron chi connectivity index (χ1n) is 23.1. The van der Waals surface area contributed by atoms with Crippen LogP contribution in [-0.4, -0.2) is 0 Å². The van der Waals surface area contributed by atoms with Gasteiger partial charge in [0.15, 0.2) is 0 Å². The molecule has 240 valence electrons. The molecule has 7 aromatic carbocycles. The summed E-state index contributed by atoms with van der Waals surface area (Å²) in [5.41, 5.74) is 1.41. The molecular weight excluding hydrogens is 607 g/mol. The second-order valence-electron chi connectivity index (χ2n) is 13.9. The molecule has 0 radical (unpaired) electrons. The fourth-order valence-corrected chi connectivity index (χ4v) is 7.91. The van der Waals surface area contributed by atoms with Gasteiger partial charge >= 0.3 is 0 Å². The Labute approximate surface area is 311 Å². The Balaban J connectivity index is 1.44. The van der Waals surface area contributed by atoms with Crippen LogP contribution in [0.4, 0.5) is 17.1 Å². The molecule has 2 nitrogen and oxygen atoms in total. The van der Waals surface area contributed by atoms with E-state index in [4.69, 9.17) is 12.6 Å². The molecule has 2 heteroatoms. The molecule has 0 N–H and O–H groups in total. The smallest absolute Gasteiger partial charge is 0.145 e. The fraction of sp³-hybridized carbons (Fsp3) is 0.125. The Hall–Kier alpha value is -5.86. The maximum absolute atomic E-state index is 10.2. The molecule has 1 aromatic heterocycles. The minimum atomic E-state index is -1.29. The highest BCUT2D eigenvalue weighted by molar-refractivity contribution is 6.17. The number of fused-ring (bicyclic) bond motifs is 9. The van der Waals surface area contributed by atoms with Gasteiger partial charge in [0.05, 0.1) is 34.6 Å². The quantitative estimate of drug-likeness (QED) is 0.187. The summed E-state index contributed by atoms with van der Waals surface area (Å²) in [6, 6.07) is 16.9. The first kappa shape index (κ1) is 18.8. The van der Waals surface area contributed by atoms with Crippen LogP contribution in [0.5, 0.6) is 0 Å². The summed E-state index contributed by atoms with van der Waals surface area (Å²) in [5, 5.41) is 1.12. The summed E-state index contributed by atoms with van der Waals surface area (Å²) in [5.74, 6) is 0. The van der Waals surface area contributed by atoms with Gasteiger partial charge in [-0.15, -0.1) is 0 Å². The first-order chi connectivity index (χ1) is 29.7. The van der Waals surface area contributed by atoms with E-state index in [1.165, 1.54) is 11.0 Å². The Morgan fingerprint density at radius 2 is 1.26 bits per heavy atom. The van der Waals surface area contributed by atoms with Gasteiger partial charge < -0.3 is 9.32 Å². The van der Waals surface area contributed by atoms with E-state index in [1.54, 1.807) is 39.8 Å². The van der Waals surface area contributed by atoms with Gasteiger partial charge in [-0.2, -0.15) is 0 Å². The van der Waals surface area contributed by atoms with Crippen molar-refractivity contribution in [2.75, 3.05) is 4.90 Å². The lowest BCUT2D eigenvalue weighted by molar-refractivity contribution is 0.660. The van der Waals surface area contributed by atoms with Crippen molar-refractivity contribution in [1.29, 1.82) is 0 Å². The number of anilines is 3. The van der Waals surface area contributed by atoms with Crippen LogP contribution in [0.2, 0.25) is 0 Å². The van der Waals surface area contributed by atoms with Gasteiger partial charge in [-0.25, -0.2) is 0 Å². The molecule has 0 saturated carbocycles. The lowest BCUT2D eigenvalue weighted by atomic mass is 9.82. The monoisotopic (exact) mass is 656 g/mol. The Kier molecular flexibility index (Phi) is 3.88. The molecule has 0 bridgehead atoms. The van der Waals surface area contributed by atoms with Crippen molar-refractivity contribution in [2.45, 2.75) is 38.5 Å². The van der Waals surface area contributed by atoms with Crippen LogP contribution in [0.15, 0.2) is 156 Å². The number of benzene rings is 7. The zero-order valence-corrected chi connectivity index (χ0v) is 27.8. The molecule has 0 unspecified atom stereocenters. The van der Waals surface area contributed by atoms with Gasteiger partial charge in [-0.1, -0.05) is 143 Å². The van der Waals surface area contributed by atoms with Gasteiger partial charge in [-0.05, 0) is 80.8 Å². The van der Waals surface area contributed by atoms with Crippen LogP contribution in [0.3, 0.4) is 0 Å². The summed E-state index contributed by atoms with van der Waals surface area (Å²) in [4.78, 5) is 1.47. The Morgan fingerprint density at radius 3 is 2.12 bits per heavy atom. The van der Waals surface area contributed by atoms with Gasteiger partial charge in [0.25, 0.3) is 0 Å². The minimum Gasteiger partial charge on any atom is -0.455 e. The van der Waals surface area contributed by atoms with Crippen molar-refractivity contribution in [3.63, 3.8) is 0 Å². The topological polar surface area (TPSA) is 16.4 Å². The number of nitrogens with zero attached hydrogens (tertiary/aromatic N) is 1. The summed E-state index contributed by atoms with van der Waals surface area (Å²) in [6.07, 6.45) is 0. The van der Waals surface area contributed by atoms with Crippen LogP contribution >= 0.6 is 0 Å². The highest BCUT2D eigenvalue weighted by atomic mass is 16.3. The summed E-state index contributed by atoms with van der Waals surface area (Å²) in [6.45, 7) is 6.96. The average Bonchev–Trinajstić information content (AvgIpc) is 3.84. The zero-order chi connectivity index (χ0) is 45.1. The van der Waals surface area contributed by atoms with Gasteiger partial charge in [-0.3, -0.25) is 0 Å². The van der Waals surface area contributed by atoms with Crippen LogP contribution in [0, 0.1) is 0 Å². The number of para-hydroxylation sites is 1. The van der Waals surface area contributed by atoms with Crippen molar-refractivity contribution in [1.82, 2.24) is 0 Å². The summed E-state index contributed by atoms with van der Waals surface area (Å²) in [7, 11) is 0. The van der Waals surface area contributed by atoms with Gasteiger partial charge in [0.1, 0.15) is 11.2 Å². The van der Waals surface area contributed by atoms with E-state index >= 15 is 0 Å². The van der Waals surface area contributed by atoms with E-state index in [2.05, 4.69) is 0 Å². The van der Waals surface area contributed by atoms with Crippen molar-refractivity contribution in [3.05, 3.63) is 174 Å². The molecule has 0 saturated heterocycles. The highest BCUT2D eigenvalue weighted by Crippen LogP contribution is 2.57. The van der Waals surface area contributed by atoms with E-state index in [-0.39, 0.29) is 92.7 Å². The van der Waals surface area contributed by atoms with Crippen LogP contribution in [-0.2, 0) is 10.8 Å². The average molecular weight is 657 g/mol. The molecule has 0 amide bonds. The third-order valence-electron chi connectivity index (χ3n) is 10.4. The first-order valence-corrected chi connectivity index (χ1v) is 16.6. The Morgan fingerprint density at radius 1 is 0.540 bits per heavy atom. The number of hydrogen-bond acceptors (Lipinski definition) is 2. The van der Waals surface area contributed by atoms with Gasteiger partial charge in [0, 0.05) is 33.0 Å². The molecule has 0 atom stereocenters. The second-order valence-corrected chi connectivity index (χ2v) is 13.9. The maximum Gasteiger partial charge on any atom is 0.145 e. The minimum absolute atomic E-state index is 0.0278. The summed E-state index contributed by atoms with van der Waals surface area (Å²) >= 11 is 0. The maximum atomic E-state index is 10.2. The van der Waals surface area contributed by atoms with Crippen LogP contribution < -0.4 is 4.90 Å². The molecular formula is C48H37NO. The van der Waals surface area contributed by atoms with E-state index in [0.717, 1.165) is 5.56 Å². The molecule has 0 aliphatic heterocycles. The largest absolute Gasteiger partial charge is 0.455 e. The van der Waals surface area contributed by atoms with E-state index in [9.17, 15) is 9.60 Å². The molecule has 1 heterocycles. The molecule has 0 spiro atoms. The fourth-order valence-electron chi connectivity index (χ4n) is 7.91. The third-order valence-corrected chi connectivity index (χ3v) is 10.4. The van der Waals surface area contributed by atoms with E-state index in [1.807, 2.05) is 54.6 Å². The second kappa shape index (κ2) is 10.3. The predicted molar refractivity (Wildman–Crippen MR) is 209 cm³/mol. The zero-order valence-electron chi connectivity index (χ0n) is 40.8. The highest BCUT2D eigenvalue weighted by Gasteiger charge is 2.39. The number of hydrogen-bond donors (Lipinski definition) is 0. The van der Waals surface area contributed by atoms with Crippen molar-refractivity contribution >= 4 is 39.0 Å². The lowest BCUT2D eigenvalue weighted by Gasteiger charge is -2.31. The molecule has 10 rings (SSSR count). The van der Waals surface area contributed by atoms with Crippen LogP contribution in [0.25, 0.3) is 55.3 Å². The van der Waals surface area contributed by atoms with E-state index in [0.29, 0.717) is 38.6 Å². The standard InChI is InChI=1S/C48H37NO/c1-47(2)38-21-12-9-18-35(38)44-39(47)22-14-23-41(44)49(31-25-26-34-33-17-8-11-20-37(33)48(3,4)40(34)29-31)42-28-27-32(30-15-6-5-7-16-30)46-45(42)36-19-10-13-24-43(36)50-46/h5-29H,1-4H3/i8D,9D,11D,12D,14D,18D,20D,21D,22D,23D,25D,26D,29D. The van der Waals surface area contributed by atoms with Crippen LogP contribution in [0.1, 0.15) is 67.8 Å². The number of furan rings is 1.